The van der Waals surface area contributed by atoms with Crippen molar-refractivity contribution in [2.45, 2.75) is 26.3 Å². The average molecular weight is 290 g/mol. The van der Waals surface area contributed by atoms with Crippen LogP contribution < -0.4 is 10.5 Å². The summed E-state index contributed by atoms with van der Waals surface area (Å²) in [7, 11) is 0. The average Bonchev–Trinajstić information content (AvgIpc) is 2.95. The van der Waals surface area contributed by atoms with E-state index < -0.39 is 0 Å². The van der Waals surface area contributed by atoms with Gasteiger partial charge >= 0.3 is 0 Å². The molecule has 0 aliphatic heterocycles. The highest BCUT2D eigenvalue weighted by Crippen LogP contribution is 2.20. The van der Waals surface area contributed by atoms with Crippen LogP contribution in [0.4, 0.5) is 0 Å². The molecule has 2 aromatic rings. The van der Waals surface area contributed by atoms with Gasteiger partial charge in [0.25, 0.3) is 0 Å². The van der Waals surface area contributed by atoms with Crippen LogP contribution in [0.25, 0.3) is 0 Å². The van der Waals surface area contributed by atoms with Crippen molar-refractivity contribution >= 4 is 17.1 Å². The molecule has 1 unspecified atom stereocenters. The van der Waals surface area contributed by atoms with Crippen molar-refractivity contribution in [3.05, 3.63) is 45.9 Å². The Bertz CT molecular complexity index is 576. The van der Waals surface area contributed by atoms with Crippen LogP contribution in [-0.2, 0) is 0 Å². The smallest absolute Gasteiger partial charge is 0.212 e. The quantitative estimate of drug-likeness (QED) is 0.830. The molecule has 0 aliphatic rings. The Morgan fingerprint density at radius 2 is 2.10 bits per heavy atom. The number of benzene rings is 1. The van der Waals surface area contributed by atoms with E-state index in [1.807, 2.05) is 19.1 Å². The molecule has 0 aliphatic carbocycles. The van der Waals surface area contributed by atoms with Crippen LogP contribution in [0.15, 0.2) is 29.6 Å². The predicted octanol–water partition coefficient (Wildman–Crippen LogP) is 3.18. The Morgan fingerprint density at radius 1 is 1.40 bits per heavy atom. The highest BCUT2D eigenvalue weighted by atomic mass is 32.1. The first kappa shape index (κ1) is 14.7. The minimum absolute atomic E-state index is 0.0878. The van der Waals surface area contributed by atoms with Crippen LogP contribution in [-0.4, -0.2) is 17.4 Å². The van der Waals surface area contributed by atoms with E-state index in [1.54, 1.807) is 17.5 Å². The molecule has 1 aromatic heterocycles. The van der Waals surface area contributed by atoms with Crippen LogP contribution in [0.5, 0.6) is 5.75 Å². The van der Waals surface area contributed by atoms with Crippen molar-refractivity contribution in [2.24, 2.45) is 5.73 Å². The van der Waals surface area contributed by atoms with Crippen molar-refractivity contribution in [1.82, 2.24) is 4.98 Å². The predicted molar refractivity (Wildman–Crippen MR) is 80.4 cm³/mol. The molecule has 0 spiro atoms. The van der Waals surface area contributed by atoms with Crippen LogP contribution in [0.2, 0.25) is 0 Å². The summed E-state index contributed by atoms with van der Waals surface area (Å²) in [5, 5.41) is 2.53. The second kappa shape index (κ2) is 6.63. The Hall–Kier alpha value is -1.72. The number of ether oxygens (including phenoxy) is 1. The number of hydrogen-bond donors (Lipinski definition) is 1. The molecular formula is C15H18N2O2S. The third-order valence-electron chi connectivity index (χ3n) is 2.73. The summed E-state index contributed by atoms with van der Waals surface area (Å²) in [6, 6.07) is 6.99. The van der Waals surface area contributed by atoms with Gasteiger partial charge in [-0.25, -0.2) is 4.98 Å². The molecule has 4 nitrogen and oxygen atoms in total. The molecule has 106 valence electrons. The first-order valence-electron chi connectivity index (χ1n) is 6.60. The number of thiazole rings is 1. The van der Waals surface area contributed by atoms with Gasteiger partial charge in [0.1, 0.15) is 16.5 Å². The lowest BCUT2D eigenvalue weighted by Gasteiger charge is -2.04. The van der Waals surface area contributed by atoms with Crippen molar-refractivity contribution < 1.29 is 9.53 Å². The largest absolute Gasteiger partial charge is 0.494 e. The molecule has 1 atom stereocenters. The third kappa shape index (κ3) is 3.43. The maximum atomic E-state index is 12.3. The van der Waals surface area contributed by atoms with Crippen LogP contribution in [0.1, 0.15) is 47.4 Å². The van der Waals surface area contributed by atoms with Gasteiger partial charge in [0.05, 0.1) is 12.6 Å². The second-order valence-corrected chi connectivity index (χ2v) is 5.45. The number of nitrogens with zero attached hydrogens (tertiary/aromatic N) is 1. The van der Waals surface area contributed by atoms with E-state index in [4.69, 9.17) is 10.5 Å². The topological polar surface area (TPSA) is 65.2 Å². The van der Waals surface area contributed by atoms with Crippen molar-refractivity contribution in [1.29, 1.82) is 0 Å². The van der Waals surface area contributed by atoms with Crippen LogP contribution in [0, 0.1) is 0 Å². The van der Waals surface area contributed by atoms with E-state index in [2.05, 4.69) is 11.9 Å². The van der Waals surface area contributed by atoms with E-state index in [0.29, 0.717) is 17.9 Å². The molecule has 0 fully saturated rings. The second-order valence-electron chi connectivity index (χ2n) is 4.56. The van der Waals surface area contributed by atoms with E-state index in [-0.39, 0.29) is 11.8 Å². The lowest BCUT2D eigenvalue weighted by atomic mass is 10.1. The van der Waals surface area contributed by atoms with Gasteiger partial charge in [-0.15, -0.1) is 11.3 Å². The summed E-state index contributed by atoms with van der Waals surface area (Å²) in [6.07, 6.45) is 0.958. The van der Waals surface area contributed by atoms with Gasteiger partial charge in [-0.2, -0.15) is 0 Å². The molecule has 1 aromatic carbocycles. The van der Waals surface area contributed by atoms with Gasteiger partial charge in [-0.1, -0.05) is 6.92 Å². The zero-order valence-corrected chi connectivity index (χ0v) is 12.4. The molecule has 20 heavy (non-hydrogen) atoms. The van der Waals surface area contributed by atoms with Crippen LogP contribution in [0.3, 0.4) is 0 Å². The van der Waals surface area contributed by atoms with E-state index in [1.165, 1.54) is 11.3 Å². The number of hydrogen-bond acceptors (Lipinski definition) is 5. The molecule has 0 radical (unpaired) electrons. The van der Waals surface area contributed by atoms with E-state index in [9.17, 15) is 4.79 Å². The molecule has 0 amide bonds. The van der Waals surface area contributed by atoms with Crippen molar-refractivity contribution in [3.63, 3.8) is 0 Å². The Morgan fingerprint density at radius 3 is 2.65 bits per heavy atom. The lowest BCUT2D eigenvalue weighted by molar-refractivity contribution is 0.103. The van der Waals surface area contributed by atoms with E-state index in [0.717, 1.165) is 17.2 Å². The molecule has 0 bridgehead atoms. The zero-order valence-electron chi connectivity index (χ0n) is 11.6. The molecular weight excluding hydrogens is 272 g/mol. The summed E-state index contributed by atoms with van der Waals surface area (Å²) in [5.74, 6) is 0.688. The van der Waals surface area contributed by atoms with Gasteiger partial charge in [0.15, 0.2) is 0 Å². The minimum Gasteiger partial charge on any atom is -0.494 e. The molecule has 0 saturated carbocycles. The maximum Gasteiger partial charge on any atom is 0.212 e. The standard InChI is InChI=1S/C15H18N2O2S/c1-3-8-19-12-6-4-11(5-7-12)14(18)13-9-20-15(17-13)10(2)16/h4-7,9-10H,3,8,16H2,1-2H3. The number of carbonyl (C=O) groups is 1. The highest BCUT2D eigenvalue weighted by molar-refractivity contribution is 7.09. The Balaban J connectivity index is 2.11. The number of nitrogens with two attached hydrogens (primary N) is 1. The first-order valence-corrected chi connectivity index (χ1v) is 7.48. The van der Waals surface area contributed by atoms with Gasteiger partial charge in [-0.3, -0.25) is 4.79 Å². The molecule has 5 heteroatoms. The Labute approximate surface area is 122 Å². The third-order valence-corrected chi connectivity index (χ3v) is 3.78. The lowest BCUT2D eigenvalue weighted by Crippen LogP contribution is -2.06. The summed E-state index contributed by atoms with van der Waals surface area (Å²) in [4.78, 5) is 16.5. The number of aromatic nitrogens is 1. The Kier molecular flexibility index (Phi) is 4.87. The monoisotopic (exact) mass is 290 g/mol. The van der Waals surface area contributed by atoms with Gasteiger partial charge in [0, 0.05) is 10.9 Å². The SMILES string of the molecule is CCCOc1ccc(C(=O)c2csc(C(C)N)n2)cc1. The van der Waals surface area contributed by atoms with E-state index >= 15 is 0 Å². The minimum atomic E-state index is -0.147. The highest BCUT2D eigenvalue weighted by Gasteiger charge is 2.14. The zero-order chi connectivity index (χ0) is 14.5. The summed E-state index contributed by atoms with van der Waals surface area (Å²) >= 11 is 1.41. The molecule has 0 saturated heterocycles. The van der Waals surface area contributed by atoms with Gasteiger partial charge in [-0.05, 0) is 37.6 Å². The number of ketones is 1. The fourth-order valence-corrected chi connectivity index (χ4v) is 2.43. The maximum absolute atomic E-state index is 12.3. The van der Waals surface area contributed by atoms with Gasteiger partial charge in [0.2, 0.25) is 5.78 Å². The number of rotatable bonds is 6. The van der Waals surface area contributed by atoms with Crippen molar-refractivity contribution in [3.8, 4) is 5.75 Å². The summed E-state index contributed by atoms with van der Waals surface area (Å²) in [6.45, 7) is 4.58. The molecule has 2 rings (SSSR count). The number of carbonyl (C=O) groups excluding carboxylic acids is 1. The fraction of sp³-hybridized carbons (Fsp3) is 0.333. The molecule has 1 heterocycles. The molecule has 2 N–H and O–H groups in total. The fourth-order valence-electron chi connectivity index (χ4n) is 1.67. The first-order chi connectivity index (χ1) is 9.61. The van der Waals surface area contributed by atoms with Crippen molar-refractivity contribution in [2.75, 3.05) is 6.61 Å². The normalized spacial score (nSPS) is 12.2. The van der Waals surface area contributed by atoms with Crippen LogP contribution >= 0.6 is 11.3 Å². The summed E-state index contributed by atoms with van der Waals surface area (Å²) < 4.78 is 5.49. The van der Waals surface area contributed by atoms with Gasteiger partial charge < -0.3 is 10.5 Å². The summed E-state index contributed by atoms with van der Waals surface area (Å²) in [5.41, 5.74) is 6.81.